The molecule has 0 radical (unpaired) electrons. The van der Waals surface area contributed by atoms with Crippen LogP contribution in [0, 0.1) is 0 Å². The van der Waals surface area contributed by atoms with Gasteiger partial charge in [-0.15, -0.1) is 0 Å². The van der Waals surface area contributed by atoms with E-state index in [2.05, 4.69) is 31.6 Å². The first-order valence-electron chi connectivity index (χ1n) is 9.55. The number of carbonyl (C=O) groups is 2. The normalized spacial score (nSPS) is 10.4. The highest BCUT2D eigenvalue weighted by atomic mass is 16.5. The third-order valence-electron chi connectivity index (χ3n) is 4.12. The Bertz CT molecular complexity index is 772. The summed E-state index contributed by atoms with van der Waals surface area (Å²) in [6, 6.07) is 14.5. The summed E-state index contributed by atoms with van der Waals surface area (Å²) in [4.78, 5) is 24.3. The Hall–Kier alpha value is -3.02. The third-order valence-corrected chi connectivity index (χ3v) is 4.12. The molecule has 0 atom stereocenters. The highest BCUT2D eigenvalue weighted by Crippen LogP contribution is 2.19. The maximum Gasteiger partial charge on any atom is 0.276 e. The fraction of sp³-hybridized carbons (Fsp3) is 0.364. The molecule has 28 heavy (non-hydrogen) atoms. The van der Waals surface area contributed by atoms with Crippen LogP contribution in [0.15, 0.2) is 48.5 Å². The van der Waals surface area contributed by atoms with Gasteiger partial charge in [-0.25, -0.2) is 0 Å². The lowest BCUT2D eigenvalue weighted by molar-refractivity contribution is -0.123. The molecular formula is C22H28N2O4. The number of rotatable bonds is 9. The Labute approximate surface area is 166 Å². The SMILES string of the molecule is CCCCOc1ccccc1C(=O)NNC(=O)COc1ccc(C(C)C)cc1. The van der Waals surface area contributed by atoms with Crippen molar-refractivity contribution in [2.75, 3.05) is 13.2 Å². The number of carbonyl (C=O) groups excluding carboxylic acids is 2. The molecule has 0 spiro atoms. The van der Waals surface area contributed by atoms with E-state index in [9.17, 15) is 9.59 Å². The van der Waals surface area contributed by atoms with E-state index in [1.807, 2.05) is 24.3 Å². The molecule has 2 aromatic rings. The second-order valence-corrected chi connectivity index (χ2v) is 6.71. The van der Waals surface area contributed by atoms with Crippen molar-refractivity contribution in [1.82, 2.24) is 10.9 Å². The predicted molar refractivity (Wildman–Crippen MR) is 108 cm³/mol. The lowest BCUT2D eigenvalue weighted by Crippen LogP contribution is -2.43. The van der Waals surface area contributed by atoms with E-state index in [1.54, 1.807) is 24.3 Å². The second-order valence-electron chi connectivity index (χ2n) is 6.71. The van der Waals surface area contributed by atoms with Crippen LogP contribution in [0.4, 0.5) is 0 Å². The van der Waals surface area contributed by atoms with Gasteiger partial charge in [0.2, 0.25) is 0 Å². The average molecular weight is 384 g/mol. The largest absolute Gasteiger partial charge is 0.493 e. The van der Waals surface area contributed by atoms with Crippen LogP contribution in [0.3, 0.4) is 0 Å². The van der Waals surface area contributed by atoms with Crippen molar-refractivity contribution in [3.05, 3.63) is 59.7 Å². The van der Waals surface area contributed by atoms with Crippen molar-refractivity contribution in [1.29, 1.82) is 0 Å². The molecule has 0 aromatic heterocycles. The Balaban J connectivity index is 1.81. The first-order valence-corrected chi connectivity index (χ1v) is 9.55. The molecular weight excluding hydrogens is 356 g/mol. The molecule has 0 unspecified atom stereocenters. The first kappa shape index (κ1) is 21.3. The van der Waals surface area contributed by atoms with E-state index >= 15 is 0 Å². The molecule has 0 saturated heterocycles. The number of para-hydroxylation sites is 1. The van der Waals surface area contributed by atoms with Gasteiger partial charge in [0.15, 0.2) is 6.61 Å². The minimum atomic E-state index is -0.453. The molecule has 6 nitrogen and oxygen atoms in total. The zero-order valence-corrected chi connectivity index (χ0v) is 16.7. The lowest BCUT2D eigenvalue weighted by Gasteiger charge is -2.12. The number of amides is 2. The van der Waals surface area contributed by atoms with Gasteiger partial charge in [-0.05, 0) is 42.2 Å². The van der Waals surface area contributed by atoms with Gasteiger partial charge in [0.05, 0.1) is 12.2 Å². The van der Waals surface area contributed by atoms with Crippen molar-refractivity contribution in [2.24, 2.45) is 0 Å². The van der Waals surface area contributed by atoms with Crippen LogP contribution in [-0.2, 0) is 4.79 Å². The Morgan fingerprint density at radius 1 is 0.964 bits per heavy atom. The molecule has 2 amide bonds. The molecule has 2 aromatic carbocycles. The van der Waals surface area contributed by atoms with E-state index in [0.717, 1.165) is 12.8 Å². The van der Waals surface area contributed by atoms with E-state index < -0.39 is 11.8 Å². The van der Waals surface area contributed by atoms with E-state index in [-0.39, 0.29) is 6.61 Å². The fourth-order valence-corrected chi connectivity index (χ4v) is 2.43. The van der Waals surface area contributed by atoms with E-state index in [0.29, 0.717) is 29.6 Å². The average Bonchev–Trinajstić information content (AvgIpc) is 2.71. The Kier molecular flexibility index (Phi) is 8.34. The minimum Gasteiger partial charge on any atom is -0.493 e. The van der Waals surface area contributed by atoms with Crippen molar-refractivity contribution < 1.29 is 19.1 Å². The molecule has 0 fully saturated rings. The summed E-state index contributed by atoms with van der Waals surface area (Å²) in [7, 11) is 0. The lowest BCUT2D eigenvalue weighted by atomic mass is 10.0. The summed E-state index contributed by atoms with van der Waals surface area (Å²) in [5.74, 6) is 0.624. The van der Waals surface area contributed by atoms with Gasteiger partial charge >= 0.3 is 0 Å². The number of ether oxygens (including phenoxy) is 2. The fourth-order valence-electron chi connectivity index (χ4n) is 2.43. The van der Waals surface area contributed by atoms with Crippen LogP contribution < -0.4 is 20.3 Å². The summed E-state index contributed by atoms with van der Waals surface area (Å²) < 4.78 is 11.1. The maximum absolute atomic E-state index is 12.3. The minimum absolute atomic E-state index is 0.198. The van der Waals surface area contributed by atoms with Crippen molar-refractivity contribution in [2.45, 2.75) is 39.5 Å². The molecule has 2 rings (SSSR count). The molecule has 150 valence electrons. The number of hydrogen-bond acceptors (Lipinski definition) is 4. The Morgan fingerprint density at radius 2 is 1.68 bits per heavy atom. The zero-order chi connectivity index (χ0) is 20.4. The smallest absolute Gasteiger partial charge is 0.276 e. The van der Waals surface area contributed by atoms with Crippen molar-refractivity contribution >= 4 is 11.8 Å². The van der Waals surface area contributed by atoms with Gasteiger partial charge in [0, 0.05) is 0 Å². The number of hydrogen-bond donors (Lipinski definition) is 2. The van der Waals surface area contributed by atoms with Gasteiger partial charge in [-0.1, -0.05) is 51.5 Å². The van der Waals surface area contributed by atoms with Crippen LogP contribution in [-0.4, -0.2) is 25.0 Å². The molecule has 0 aliphatic carbocycles. The van der Waals surface area contributed by atoms with E-state index in [1.165, 1.54) is 5.56 Å². The van der Waals surface area contributed by atoms with Crippen LogP contribution in [0.2, 0.25) is 0 Å². The van der Waals surface area contributed by atoms with Gasteiger partial charge in [-0.3, -0.25) is 20.4 Å². The molecule has 0 aliphatic rings. The molecule has 0 bridgehead atoms. The van der Waals surface area contributed by atoms with Crippen LogP contribution in [0.1, 0.15) is 55.5 Å². The summed E-state index contributed by atoms with van der Waals surface area (Å²) in [5, 5.41) is 0. The molecule has 0 saturated carbocycles. The third kappa shape index (κ3) is 6.61. The van der Waals surface area contributed by atoms with Crippen molar-refractivity contribution in [3.8, 4) is 11.5 Å². The summed E-state index contributed by atoms with van der Waals surface area (Å²) in [6.07, 6.45) is 1.91. The van der Waals surface area contributed by atoms with Gasteiger partial charge in [0.25, 0.3) is 11.8 Å². The number of unbranched alkanes of at least 4 members (excludes halogenated alkanes) is 1. The maximum atomic E-state index is 12.3. The summed E-state index contributed by atoms with van der Waals surface area (Å²) in [5.41, 5.74) is 6.31. The molecule has 0 heterocycles. The molecule has 0 aliphatic heterocycles. The van der Waals surface area contributed by atoms with Crippen LogP contribution in [0.25, 0.3) is 0 Å². The summed E-state index contributed by atoms with van der Waals surface area (Å²) >= 11 is 0. The van der Waals surface area contributed by atoms with Crippen LogP contribution in [0.5, 0.6) is 11.5 Å². The Morgan fingerprint density at radius 3 is 2.36 bits per heavy atom. The van der Waals surface area contributed by atoms with Crippen LogP contribution >= 0.6 is 0 Å². The monoisotopic (exact) mass is 384 g/mol. The zero-order valence-electron chi connectivity index (χ0n) is 16.7. The van der Waals surface area contributed by atoms with Crippen molar-refractivity contribution in [3.63, 3.8) is 0 Å². The molecule has 6 heteroatoms. The van der Waals surface area contributed by atoms with Gasteiger partial charge < -0.3 is 9.47 Å². The number of nitrogens with one attached hydrogen (secondary N) is 2. The number of hydrazine groups is 1. The predicted octanol–water partition coefficient (Wildman–Crippen LogP) is 3.83. The highest BCUT2D eigenvalue weighted by Gasteiger charge is 2.13. The van der Waals surface area contributed by atoms with E-state index in [4.69, 9.17) is 9.47 Å². The second kappa shape index (κ2) is 11.0. The standard InChI is InChI=1S/C22H28N2O4/c1-4-5-14-27-20-9-7-6-8-19(20)22(26)24-23-21(25)15-28-18-12-10-17(11-13-18)16(2)3/h6-13,16H,4-5,14-15H2,1-3H3,(H,23,25)(H,24,26). The molecule has 2 N–H and O–H groups in total. The highest BCUT2D eigenvalue weighted by molar-refractivity contribution is 5.97. The quantitative estimate of drug-likeness (QED) is 0.509. The number of benzene rings is 2. The summed E-state index contributed by atoms with van der Waals surface area (Å²) in [6.45, 7) is 6.63. The first-order chi connectivity index (χ1) is 13.5. The van der Waals surface area contributed by atoms with Gasteiger partial charge in [0.1, 0.15) is 11.5 Å². The van der Waals surface area contributed by atoms with Gasteiger partial charge in [-0.2, -0.15) is 0 Å². The topological polar surface area (TPSA) is 76.7 Å².